The number of halogens is 2. The molecule has 1 atom stereocenters. The quantitative estimate of drug-likeness (QED) is 0.557. The van der Waals surface area contributed by atoms with Gasteiger partial charge in [0.2, 0.25) is 0 Å². The Kier molecular flexibility index (Phi) is 5.98. The third-order valence-corrected chi connectivity index (χ3v) is 9.38. The van der Waals surface area contributed by atoms with Crippen LogP contribution in [0.5, 0.6) is 0 Å². The van der Waals surface area contributed by atoms with Crippen LogP contribution in [0.2, 0.25) is 0 Å². The van der Waals surface area contributed by atoms with Gasteiger partial charge in [-0.3, -0.25) is 0 Å². The van der Waals surface area contributed by atoms with Crippen molar-refractivity contribution in [2.75, 3.05) is 0 Å². The number of hydrogen-bond acceptors (Lipinski definition) is 0. The average Bonchev–Trinajstić information content (AvgIpc) is 2.98. The van der Waals surface area contributed by atoms with Crippen molar-refractivity contribution in [3.63, 3.8) is 0 Å². The van der Waals surface area contributed by atoms with Gasteiger partial charge in [-0.15, -0.1) is 0 Å². The van der Waals surface area contributed by atoms with Gasteiger partial charge in [0.15, 0.2) is 0 Å². The second-order valence-corrected chi connectivity index (χ2v) is 10.0. The van der Waals surface area contributed by atoms with Crippen molar-refractivity contribution >= 4 is 10.3 Å². The molecule has 0 bridgehead atoms. The first-order valence-corrected chi connectivity index (χ1v) is 10.1. The number of benzene rings is 1. The number of allylic oxidation sites excluding steroid dienone is 5. The van der Waals surface area contributed by atoms with Crippen molar-refractivity contribution in [3.8, 4) is 0 Å². The zero-order valence-electron chi connectivity index (χ0n) is 9.94. The fourth-order valence-electron chi connectivity index (χ4n) is 2.44. The van der Waals surface area contributed by atoms with Crippen LogP contribution in [0, 0.1) is 0 Å². The Morgan fingerprint density at radius 2 is 1.94 bits per heavy atom. The van der Waals surface area contributed by atoms with Crippen molar-refractivity contribution in [1.82, 2.24) is 0 Å². The van der Waals surface area contributed by atoms with Gasteiger partial charge in [0.1, 0.15) is 0 Å². The Labute approximate surface area is 128 Å². The third kappa shape index (κ3) is 2.85. The van der Waals surface area contributed by atoms with E-state index in [0.717, 1.165) is 6.42 Å². The monoisotopic (exact) mass is 354 g/mol. The standard InChI is InChI=1S/C9H7.C5H5.CH2.2ClH.Zr/c1-2-5-9-7-3-6-8(9)4-1;1-2-4-5-3-1;;;;/h1-7H;1-3H,4H2;1H2;2*1H;/q;;;;;+2/p-2. The Balaban J connectivity index is 0.000000810. The summed E-state index contributed by atoms with van der Waals surface area (Å²) in [5, 5.41) is 0. The van der Waals surface area contributed by atoms with Crippen LogP contribution >= 0.6 is 0 Å². The van der Waals surface area contributed by atoms with E-state index in [1.54, 1.807) is 3.28 Å². The summed E-state index contributed by atoms with van der Waals surface area (Å²) in [6, 6.07) is 8.75. The minimum atomic E-state index is -1.69. The molecule has 0 aromatic heterocycles. The Hall–Kier alpha value is -0.227. The van der Waals surface area contributed by atoms with Crippen molar-refractivity contribution in [2.45, 2.75) is 10.0 Å². The van der Waals surface area contributed by atoms with Crippen LogP contribution in [-0.2, 0) is 21.3 Å². The summed E-state index contributed by atoms with van der Waals surface area (Å²) >= 11 is -1.69. The minimum absolute atomic E-state index is 0. The molecule has 3 rings (SSSR count). The average molecular weight is 356 g/mol. The van der Waals surface area contributed by atoms with Gasteiger partial charge in [-0.05, 0) is 0 Å². The molecule has 0 aliphatic heterocycles. The molecule has 1 aromatic rings. The van der Waals surface area contributed by atoms with E-state index in [-0.39, 0.29) is 24.8 Å². The molecule has 92 valence electrons. The molecule has 0 saturated heterocycles. The molecule has 0 N–H and O–H groups in total. The van der Waals surface area contributed by atoms with E-state index in [0.29, 0.717) is 3.63 Å². The predicted molar refractivity (Wildman–Crippen MR) is 67.2 cm³/mol. The topological polar surface area (TPSA) is 0 Å². The van der Waals surface area contributed by atoms with E-state index in [2.05, 4.69) is 58.9 Å². The fraction of sp³-hybridized carbons (Fsp3) is 0.133. The molecular weight excluding hydrogens is 342 g/mol. The number of hydrogen-bond donors (Lipinski definition) is 0. The third-order valence-electron chi connectivity index (χ3n) is 3.36. The van der Waals surface area contributed by atoms with Gasteiger partial charge in [0.25, 0.3) is 0 Å². The minimum Gasteiger partial charge on any atom is -1.00 e. The van der Waals surface area contributed by atoms with E-state index in [1.165, 1.54) is 11.1 Å². The van der Waals surface area contributed by atoms with Gasteiger partial charge in [0, 0.05) is 0 Å². The summed E-state index contributed by atoms with van der Waals surface area (Å²) < 4.78 is 6.84. The van der Waals surface area contributed by atoms with Gasteiger partial charge in [-0.2, -0.15) is 0 Å². The molecule has 2 aliphatic rings. The Bertz CT molecular complexity index is 541. The Morgan fingerprint density at radius 1 is 1.17 bits per heavy atom. The van der Waals surface area contributed by atoms with Crippen LogP contribution in [0.4, 0.5) is 0 Å². The first-order chi connectivity index (χ1) is 7.86. The van der Waals surface area contributed by atoms with Crippen molar-refractivity contribution in [1.29, 1.82) is 0 Å². The molecule has 0 nitrogen and oxygen atoms in total. The molecule has 1 unspecified atom stereocenters. The summed E-state index contributed by atoms with van der Waals surface area (Å²) in [6.45, 7) is 0. The first kappa shape index (κ1) is 15.8. The largest absolute Gasteiger partial charge is 1.00 e. The summed E-state index contributed by atoms with van der Waals surface area (Å²) in [4.78, 5) is 0. The zero-order valence-corrected chi connectivity index (χ0v) is 13.9. The molecule has 0 fully saturated rings. The summed E-state index contributed by atoms with van der Waals surface area (Å²) in [6.07, 6.45) is 12.6. The molecule has 3 heteroatoms. The second kappa shape index (κ2) is 6.80. The van der Waals surface area contributed by atoms with E-state index >= 15 is 0 Å². The second-order valence-electron chi connectivity index (χ2n) is 4.32. The summed E-state index contributed by atoms with van der Waals surface area (Å²) in [7, 11) is 0. The van der Waals surface area contributed by atoms with E-state index in [1.807, 2.05) is 0 Å². The maximum absolute atomic E-state index is 4.54. The van der Waals surface area contributed by atoms with Crippen LogP contribution in [0.3, 0.4) is 0 Å². The van der Waals surface area contributed by atoms with E-state index < -0.39 is 21.3 Å². The Morgan fingerprint density at radius 3 is 2.67 bits per heavy atom. The van der Waals surface area contributed by atoms with E-state index in [4.69, 9.17) is 0 Å². The SMILES string of the molecule is [CH2]=[Zr+2]([C]1=CC=CC1)[CH]1C=Cc2ccccc21.[Cl-].[Cl-]. The van der Waals surface area contributed by atoms with Crippen LogP contribution in [0.1, 0.15) is 21.2 Å². The zero-order chi connectivity index (χ0) is 11.0. The fourth-order valence-corrected chi connectivity index (χ4v) is 7.49. The van der Waals surface area contributed by atoms with Gasteiger partial charge >= 0.3 is 105 Å². The van der Waals surface area contributed by atoms with Crippen LogP contribution in [0.25, 0.3) is 6.08 Å². The molecular formula is C15H14Cl2Zr. The molecule has 2 aliphatic carbocycles. The van der Waals surface area contributed by atoms with Gasteiger partial charge < -0.3 is 24.8 Å². The molecule has 0 amide bonds. The van der Waals surface area contributed by atoms with E-state index in [9.17, 15) is 0 Å². The van der Waals surface area contributed by atoms with Crippen LogP contribution < -0.4 is 24.8 Å². The maximum Gasteiger partial charge on any atom is -1.00 e. The van der Waals surface area contributed by atoms with Gasteiger partial charge in [-0.1, -0.05) is 0 Å². The van der Waals surface area contributed by atoms with Gasteiger partial charge in [-0.25, -0.2) is 0 Å². The predicted octanol–water partition coefficient (Wildman–Crippen LogP) is -2.34. The van der Waals surface area contributed by atoms with Crippen LogP contribution in [0.15, 0.2) is 51.9 Å². The number of fused-ring (bicyclic) bond motifs is 1. The molecule has 0 saturated carbocycles. The molecule has 18 heavy (non-hydrogen) atoms. The smallest absolute Gasteiger partial charge is 1.00 e. The van der Waals surface area contributed by atoms with Crippen molar-refractivity contribution in [2.24, 2.45) is 0 Å². The first-order valence-electron chi connectivity index (χ1n) is 5.68. The summed E-state index contributed by atoms with van der Waals surface area (Å²) in [5.74, 6) is 0. The van der Waals surface area contributed by atoms with Gasteiger partial charge in [0.05, 0.1) is 0 Å². The maximum atomic E-state index is 4.54. The van der Waals surface area contributed by atoms with Crippen molar-refractivity contribution < 1.29 is 46.1 Å². The molecule has 0 spiro atoms. The molecule has 1 aromatic carbocycles. The normalized spacial score (nSPS) is 18.2. The summed E-state index contributed by atoms with van der Waals surface area (Å²) in [5.41, 5.74) is 2.92. The molecule has 0 radical (unpaired) electrons. The number of rotatable bonds is 2. The van der Waals surface area contributed by atoms with Crippen LogP contribution in [-0.4, -0.2) is 4.21 Å². The van der Waals surface area contributed by atoms with Crippen molar-refractivity contribution in [3.05, 3.63) is 63.0 Å². The molecule has 0 heterocycles.